The van der Waals surface area contributed by atoms with Crippen LogP contribution >= 0.6 is 0 Å². The Morgan fingerprint density at radius 3 is 1.60 bits per heavy atom. The topological polar surface area (TPSA) is 18.5 Å². The number of hydrogen-bond acceptors (Lipinski definition) is 2. The quantitative estimate of drug-likeness (QED) is 0.448. The van der Waals surface area contributed by atoms with Crippen LogP contribution in [-0.4, -0.2) is 44.8 Å². The second-order valence-electron chi connectivity index (χ2n) is 3.50. The normalized spacial score (nSPS) is 9.87. The third-order valence-corrected chi connectivity index (χ3v) is 6.14. The predicted octanol–water partition coefficient (Wildman–Crippen LogP) is 1.85. The molecule has 3 heteroatoms. The van der Waals surface area contributed by atoms with Gasteiger partial charge >= 0.3 is 97.7 Å². The van der Waals surface area contributed by atoms with Gasteiger partial charge in [-0.15, -0.1) is 0 Å². The molecule has 0 saturated heterocycles. The van der Waals surface area contributed by atoms with Crippen LogP contribution in [0.15, 0.2) is 0 Å². The first-order valence-electron chi connectivity index (χ1n) is 5.28. The Hall–Kier alpha value is -0.161. The zero-order valence-corrected chi connectivity index (χ0v) is 13.0. The van der Waals surface area contributed by atoms with E-state index in [1.54, 1.807) is 0 Å². The van der Waals surface area contributed by atoms with Gasteiger partial charge in [-0.1, -0.05) is 0 Å². The first-order chi connectivity index (χ1) is 7.12. The molecule has 0 rings (SSSR count). The Morgan fingerprint density at radius 1 is 0.867 bits per heavy atom. The molecule has 0 aliphatic carbocycles. The number of rotatable bonds is 4. The van der Waals surface area contributed by atoms with Crippen molar-refractivity contribution in [2.75, 3.05) is 26.4 Å². The average molecular weight is 315 g/mol. The van der Waals surface area contributed by atoms with Crippen molar-refractivity contribution in [1.82, 2.24) is 0 Å². The molecule has 0 saturated carbocycles. The third-order valence-electron chi connectivity index (χ3n) is 1.56. The maximum atomic E-state index is 5.16. The molecular weight excluding hydrogens is 295 g/mol. The van der Waals surface area contributed by atoms with Crippen molar-refractivity contribution in [3.63, 3.8) is 0 Å². The minimum absolute atomic E-state index is 0.532. The van der Waals surface area contributed by atoms with Crippen molar-refractivity contribution in [2.24, 2.45) is 0 Å². The first-order valence-corrected chi connectivity index (χ1v) is 13.8. The van der Waals surface area contributed by atoms with Gasteiger partial charge in [0.2, 0.25) is 0 Å². The predicted molar refractivity (Wildman–Crippen MR) is 66.0 cm³/mol. The second kappa shape index (κ2) is 9.09. The van der Waals surface area contributed by atoms with Crippen LogP contribution in [0.25, 0.3) is 0 Å². The molecular formula is C12H20O2Sn. The Balaban J connectivity index is 4.01. The molecule has 2 nitrogen and oxygen atoms in total. The molecule has 0 unspecified atom stereocenters. The molecule has 15 heavy (non-hydrogen) atoms. The van der Waals surface area contributed by atoms with Gasteiger partial charge < -0.3 is 0 Å². The van der Waals surface area contributed by atoms with E-state index < -0.39 is 18.4 Å². The van der Waals surface area contributed by atoms with Crippen molar-refractivity contribution in [1.29, 1.82) is 0 Å². The van der Waals surface area contributed by atoms with Crippen molar-refractivity contribution in [2.45, 2.75) is 23.7 Å². The van der Waals surface area contributed by atoms with E-state index in [4.69, 9.17) is 9.47 Å². The van der Waals surface area contributed by atoms with E-state index in [1.807, 2.05) is 13.8 Å². The molecule has 0 heterocycles. The van der Waals surface area contributed by atoms with Crippen LogP contribution in [-0.2, 0) is 9.47 Å². The standard InChI is InChI=1S/2C5H7O.2CH3.Sn/c2*1-3-5-6-4-2;;;/h2*4-5H2,2H3;2*1H3;. The van der Waals surface area contributed by atoms with Crippen molar-refractivity contribution in [3.05, 3.63) is 0 Å². The summed E-state index contributed by atoms with van der Waals surface area (Å²) in [7, 11) is 0. The SMILES string of the molecule is CCOCC#[C][Sn]([CH3])([CH3])[C]#CCOCC. The van der Waals surface area contributed by atoms with Crippen LogP contribution in [0.5, 0.6) is 0 Å². The second-order valence-corrected chi connectivity index (χ2v) is 14.2. The third kappa shape index (κ3) is 10.1. The van der Waals surface area contributed by atoms with Gasteiger partial charge in [0.1, 0.15) is 0 Å². The van der Waals surface area contributed by atoms with E-state index in [2.05, 4.69) is 29.6 Å². The molecule has 0 aliphatic heterocycles. The molecule has 0 radical (unpaired) electrons. The minimum atomic E-state index is -2.40. The van der Waals surface area contributed by atoms with Gasteiger partial charge in [0, 0.05) is 0 Å². The molecule has 0 fully saturated rings. The molecule has 0 amide bonds. The van der Waals surface area contributed by atoms with E-state index in [0.29, 0.717) is 13.2 Å². The van der Waals surface area contributed by atoms with Crippen LogP contribution in [0.2, 0.25) is 9.88 Å². The van der Waals surface area contributed by atoms with E-state index >= 15 is 0 Å². The number of hydrogen-bond donors (Lipinski definition) is 0. The summed E-state index contributed by atoms with van der Waals surface area (Å²) in [6.45, 7) is 6.45. The summed E-state index contributed by atoms with van der Waals surface area (Å²) in [6, 6.07) is 0. The molecule has 0 bridgehead atoms. The van der Waals surface area contributed by atoms with Gasteiger partial charge in [-0.05, 0) is 0 Å². The van der Waals surface area contributed by atoms with Crippen molar-refractivity contribution in [3.8, 4) is 19.7 Å². The summed E-state index contributed by atoms with van der Waals surface area (Å²) in [5.41, 5.74) is 0. The van der Waals surface area contributed by atoms with Gasteiger partial charge in [0.25, 0.3) is 0 Å². The van der Waals surface area contributed by atoms with E-state index in [0.717, 1.165) is 13.2 Å². The first kappa shape index (κ1) is 14.8. The Kier molecular flexibility index (Phi) is 9.00. The monoisotopic (exact) mass is 316 g/mol. The molecule has 0 aromatic heterocycles. The van der Waals surface area contributed by atoms with Gasteiger partial charge in [-0.25, -0.2) is 0 Å². The summed E-state index contributed by atoms with van der Waals surface area (Å²) < 4.78 is 16.9. The van der Waals surface area contributed by atoms with Crippen LogP contribution in [0.4, 0.5) is 0 Å². The summed E-state index contributed by atoms with van der Waals surface area (Å²) >= 11 is -2.40. The van der Waals surface area contributed by atoms with Gasteiger partial charge in [-0.2, -0.15) is 0 Å². The van der Waals surface area contributed by atoms with Crippen LogP contribution in [0.3, 0.4) is 0 Å². The van der Waals surface area contributed by atoms with E-state index in [9.17, 15) is 0 Å². The fourth-order valence-corrected chi connectivity index (χ4v) is 3.96. The van der Waals surface area contributed by atoms with E-state index in [1.165, 1.54) is 0 Å². The van der Waals surface area contributed by atoms with Crippen molar-refractivity contribution >= 4 is 18.4 Å². The van der Waals surface area contributed by atoms with E-state index in [-0.39, 0.29) is 0 Å². The molecule has 84 valence electrons. The molecule has 0 atom stereocenters. The summed E-state index contributed by atoms with van der Waals surface area (Å²) in [6.07, 6.45) is 0. The molecule has 0 N–H and O–H groups in total. The molecule has 0 spiro atoms. The maximum absolute atomic E-state index is 5.16. The Labute approximate surface area is 97.6 Å². The van der Waals surface area contributed by atoms with Crippen molar-refractivity contribution < 1.29 is 9.47 Å². The Bertz CT molecular complexity index is 247. The van der Waals surface area contributed by atoms with Crippen LogP contribution in [0.1, 0.15) is 13.8 Å². The van der Waals surface area contributed by atoms with Gasteiger partial charge in [-0.3, -0.25) is 0 Å². The zero-order valence-electron chi connectivity index (χ0n) is 10.1. The molecule has 0 aliphatic rings. The fraction of sp³-hybridized carbons (Fsp3) is 0.667. The van der Waals surface area contributed by atoms with Gasteiger partial charge in [0.15, 0.2) is 0 Å². The Morgan fingerprint density at radius 2 is 1.27 bits per heavy atom. The fourth-order valence-electron chi connectivity index (χ4n) is 0.852. The summed E-state index contributed by atoms with van der Waals surface area (Å²) in [5.74, 6) is 6.09. The molecule has 0 aromatic rings. The summed E-state index contributed by atoms with van der Waals surface area (Å²) in [5, 5.41) is 0. The molecule has 0 aromatic carbocycles. The zero-order chi connectivity index (χ0) is 11.6. The van der Waals surface area contributed by atoms with Crippen LogP contribution < -0.4 is 0 Å². The summed E-state index contributed by atoms with van der Waals surface area (Å²) in [4.78, 5) is 4.40. The number of ether oxygens (including phenoxy) is 2. The van der Waals surface area contributed by atoms with Crippen LogP contribution in [0, 0.1) is 19.7 Å². The average Bonchev–Trinajstić information content (AvgIpc) is 2.20. The van der Waals surface area contributed by atoms with Gasteiger partial charge in [0.05, 0.1) is 0 Å².